The third kappa shape index (κ3) is 2.45. The van der Waals surface area contributed by atoms with E-state index in [1.54, 1.807) is 6.92 Å². The number of hydrogen-bond donors (Lipinski definition) is 0. The van der Waals surface area contributed by atoms with Crippen molar-refractivity contribution in [2.24, 2.45) is 0 Å². The Kier molecular flexibility index (Phi) is 3.75. The summed E-state index contributed by atoms with van der Waals surface area (Å²) in [5, 5.41) is 1.26. The van der Waals surface area contributed by atoms with Crippen LogP contribution in [0.25, 0.3) is 0 Å². The maximum absolute atomic E-state index is 11.2. The summed E-state index contributed by atoms with van der Waals surface area (Å²) in [6, 6.07) is 1.94. The Balaban J connectivity index is 2.73. The standard InChI is InChI=1S/C9H11ClO2S/c1-3-12-9(11)7(10)8-6(2)4-5-13-8/h4-5,7H,3H2,1-2H3. The first kappa shape index (κ1) is 10.5. The summed E-state index contributed by atoms with van der Waals surface area (Å²) in [5.74, 6) is -0.366. The van der Waals surface area contributed by atoms with Crippen molar-refractivity contribution in [3.63, 3.8) is 0 Å². The van der Waals surface area contributed by atoms with Crippen LogP contribution in [0.4, 0.5) is 0 Å². The average molecular weight is 219 g/mol. The van der Waals surface area contributed by atoms with Crippen molar-refractivity contribution in [2.45, 2.75) is 19.2 Å². The van der Waals surface area contributed by atoms with Gasteiger partial charge in [-0.25, -0.2) is 0 Å². The molecular formula is C9H11ClO2S. The van der Waals surface area contributed by atoms with Crippen LogP contribution in [0.2, 0.25) is 0 Å². The number of halogens is 1. The van der Waals surface area contributed by atoms with E-state index in [0.717, 1.165) is 10.4 Å². The lowest BCUT2D eigenvalue weighted by molar-refractivity contribution is -0.142. The molecule has 1 heterocycles. The van der Waals surface area contributed by atoms with Gasteiger partial charge in [-0.2, -0.15) is 0 Å². The molecule has 0 aliphatic heterocycles. The number of thiophene rings is 1. The molecule has 2 nitrogen and oxygen atoms in total. The van der Waals surface area contributed by atoms with Gasteiger partial charge < -0.3 is 4.74 Å². The van der Waals surface area contributed by atoms with Crippen LogP contribution in [0, 0.1) is 6.92 Å². The van der Waals surface area contributed by atoms with Gasteiger partial charge in [-0.1, -0.05) is 0 Å². The molecule has 1 atom stereocenters. The minimum Gasteiger partial charge on any atom is -0.465 e. The molecule has 0 saturated carbocycles. The molecule has 0 N–H and O–H groups in total. The number of aryl methyl sites for hydroxylation is 1. The van der Waals surface area contributed by atoms with Gasteiger partial charge in [-0.05, 0) is 30.9 Å². The van der Waals surface area contributed by atoms with E-state index in [1.807, 2.05) is 18.4 Å². The minimum absolute atomic E-state index is 0.366. The Morgan fingerprint density at radius 1 is 1.77 bits per heavy atom. The number of ether oxygens (including phenoxy) is 1. The van der Waals surface area contributed by atoms with E-state index in [4.69, 9.17) is 16.3 Å². The highest BCUT2D eigenvalue weighted by atomic mass is 35.5. The van der Waals surface area contributed by atoms with Gasteiger partial charge >= 0.3 is 5.97 Å². The summed E-state index contributed by atoms with van der Waals surface area (Å²) < 4.78 is 4.82. The van der Waals surface area contributed by atoms with Gasteiger partial charge in [0, 0.05) is 4.88 Å². The Morgan fingerprint density at radius 3 is 2.92 bits per heavy atom. The molecule has 0 aliphatic carbocycles. The van der Waals surface area contributed by atoms with Crippen LogP contribution < -0.4 is 0 Å². The normalized spacial score (nSPS) is 12.5. The summed E-state index contributed by atoms with van der Waals surface area (Å²) in [6.45, 7) is 4.07. The van der Waals surface area contributed by atoms with E-state index in [-0.39, 0.29) is 5.97 Å². The van der Waals surface area contributed by atoms with E-state index in [1.165, 1.54) is 11.3 Å². The largest absolute Gasteiger partial charge is 0.465 e. The molecule has 1 unspecified atom stereocenters. The molecule has 0 amide bonds. The van der Waals surface area contributed by atoms with Crippen LogP contribution in [0.5, 0.6) is 0 Å². The first-order valence-corrected chi connectivity index (χ1v) is 5.33. The van der Waals surface area contributed by atoms with Crippen molar-refractivity contribution in [1.29, 1.82) is 0 Å². The summed E-state index contributed by atoms with van der Waals surface area (Å²) in [6.07, 6.45) is 0. The lowest BCUT2D eigenvalue weighted by Gasteiger charge is -2.07. The monoisotopic (exact) mass is 218 g/mol. The molecule has 0 spiro atoms. The van der Waals surface area contributed by atoms with Gasteiger partial charge in [-0.15, -0.1) is 22.9 Å². The molecule has 72 valence electrons. The fourth-order valence-electron chi connectivity index (χ4n) is 0.967. The van der Waals surface area contributed by atoms with Gasteiger partial charge in [0.2, 0.25) is 0 Å². The van der Waals surface area contributed by atoms with Crippen molar-refractivity contribution in [3.05, 3.63) is 21.9 Å². The molecule has 0 fully saturated rings. The Morgan fingerprint density at radius 2 is 2.46 bits per heavy atom. The third-order valence-corrected chi connectivity index (χ3v) is 3.23. The Labute approximate surface area is 86.5 Å². The quantitative estimate of drug-likeness (QED) is 0.576. The zero-order chi connectivity index (χ0) is 9.84. The molecule has 1 rings (SSSR count). The van der Waals surface area contributed by atoms with Crippen LogP contribution in [-0.2, 0) is 9.53 Å². The second-order valence-electron chi connectivity index (χ2n) is 2.58. The number of alkyl halides is 1. The topological polar surface area (TPSA) is 26.3 Å². The predicted octanol–water partition coefficient (Wildman–Crippen LogP) is 2.90. The molecule has 1 aromatic heterocycles. The van der Waals surface area contributed by atoms with Gasteiger partial charge in [0.1, 0.15) is 0 Å². The van der Waals surface area contributed by atoms with Crippen molar-refractivity contribution in [3.8, 4) is 0 Å². The summed E-state index contributed by atoms with van der Waals surface area (Å²) in [5.41, 5.74) is 1.04. The van der Waals surface area contributed by atoms with Crippen LogP contribution >= 0.6 is 22.9 Å². The Hall–Kier alpha value is -0.540. The molecule has 0 radical (unpaired) electrons. The molecule has 0 aliphatic rings. The summed E-state index contributed by atoms with van der Waals surface area (Å²) >= 11 is 7.40. The van der Waals surface area contributed by atoms with Crippen LogP contribution in [0.3, 0.4) is 0 Å². The number of carbonyl (C=O) groups excluding carboxylic acids is 1. The van der Waals surface area contributed by atoms with Crippen LogP contribution in [-0.4, -0.2) is 12.6 Å². The molecule has 0 aromatic carbocycles. The second-order valence-corrected chi connectivity index (χ2v) is 3.97. The van der Waals surface area contributed by atoms with Crippen LogP contribution in [0.1, 0.15) is 22.7 Å². The Bertz CT molecular complexity index is 296. The molecule has 4 heteroatoms. The van der Waals surface area contributed by atoms with Crippen molar-refractivity contribution >= 4 is 28.9 Å². The first-order chi connectivity index (χ1) is 6.16. The minimum atomic E-state index is -0.653. The van der Waals surface area contributed by atoms with Crippen molar-refractivity contribution in [2.75, 3.05) is 6.61 Å². The number of carbonyl (C=O) groups is 1. The van der Waals surface area contributed by atoms with E-state index in [2.05, 4.69) is 0 Å². The third-order valence-electron chi connectivity index (χ3n) is 1.63. The van der Waals surface area contributed by atoms with Crippen LogP contribution in [0.15, 0.2) is 11.4 Å². The fourth-order valence-corrected chi connectivity index (χ4v) is 2.24. The number of rotatable bonds is 3. The van der Waals surface area contributed by atoms with Gasteiger partial charge in [-0.3, -0.25) is 4.79 Å². The van der Waals surface area contributed by atoms with Gasteiger partial charge in [0.05, 0.1) is 6.61 Å². The lowest BCUT2D eigenvalue weighted by Crippen LogP contribution is -2.10. The van der Waals surface area contributed by atoms with E-state index >= 15 is 0 Å². The van der Waals surface area contributed by atoms with Gasteiger partial charge in [0.25, 0.3) is 0 Å². The zero-order valence-corrected chi connectivity index (χ0v) is 9.11. The number of esters is 1. The molecule has 0 bridgehead atoms. The van der Waals surface area contributed by atoms with E-state index in [0.29, 0.717) is 6.61 Å². The van der Waals surface area contributed by atoms with Gasteiger partial charge in [0.15, 0.2) is 5.38 Å². The zero-order valence-electron chi connectivity index (χ0n) is 7.54. The second kappa shape index (κ2) is 4.63. The average Bonchev–Trinajstić information content (AvgIpc) is 2.50. The maximum atomic E-state index is 11.2. The summed E-state index contributed by atoms with van der Waals surface area (Å²) in [7, 11) is 0. The van der Waals surface area contributed by atoms with Crippen molar-refractivity contribution in [1.82, 2.24) is 0 Å². The molecule has 0 saturated heterocycles. The summed E-state index contributed by atoms with van der Waals surface area (Å²) in [4.78, 5) is 12.1. The highest BCUT2D eigenvalue weighted by Crippen LogP contribution is 2.29. The SMILES string of the molecule is CCOC(=O)C(Cl)c1sccc1C. The first-order valence-electron chi connectivity index (χ1n) is 4.01. The maximum Gasteiger partial charge on any atom is 0.329 e. The number of hydrogen-bond acceptors (Lipinski definition) is 3. The fraction of sp³-hybridized carbons (Fsp3) is 0.444. The molecular weight excluding hydrogens is 208 g/mol. The molecule has 1 aromatic rings. The molecule has 13 heavy (non-hydrogen) atoms. The predicted molar refractivity (Wildman–Crippen MR) is 54.3 cm³/mol. The van der Waals surface area contributed by atoms with E-state index in [9.17, 15) is 4.79 Å². The smallest absolute Gasteiger partial charge is 0.329 e. The highest BCUT2D eigenvalue weighted by Gasteiger charge is 2.21. The van der Waals surface area contributed by atoms with E-state index < -0.39 is 5.38 Å². The highest BCUT2D eigenvalue weighted by molar-refractivity contribution is 7.10. The lowest BCUT2D eigenvalue weighted by atomic mass is 10.2. The van der Waals surface area contributed by atoms with Crippen molar-refractivity contribution < 1.29 is 9.53 Å².